The van der Waals surface area contributed by atoms with Crippen LogP contribution in [0.15, 0.2) is 53.0 Å². The lowest BCUT2D eigenvalue weighted by Crippen LogP contribution is -2.60. The molecule has 4 aliphatic rings. The smallest absolute Gasteiger partial charge is 0.313 e. The van der Waals surface area contributed by atoms with Crippen LogP contribution in [0.5, 0.6) is 0 Å². The maximum absolute atomic E-state index is 15.0. The van der Waals surface area contributed by atoms with Gasteiger partial charge >= 0.3 is 5.97 Å². The molecule has 9 atom stereocenters. The van der Waals surface area contributed by atoms with Gasteiger partial charge < -0.3 is 29.3 Å². The van der Waals surface area contributed by atoms with Crippen LogP contribution >= 0.6 is 15.9 Å². The van der Waals surface area contributed by atoms with Crippen molar-refractivity contribution in [2.45, 2.75) is 109 Å². The SMILES string of the molecule is CCCC(C)N1C/C=C\CCC(=O)N(C)[C@H](C)[C@@H](c2ccccc2)OC(=O)[C@@H]2[C@H]3O[C@@]4(C=C3Br)[C@H](C1=O)N([C@@H](CO)CC(C)C)C(=O)[C@@H]24. The second-order valence-electron chi connectivity index (χ2n) is 14.2. The van der Waals surface area contributed by atoms with Crippen molar-refractivity contribution in [2.75, 3.05) is 20.2 Å². The number of esters is 1. The second kappa shape index (κ2) is 14.8. The van der Waals surface area contributed by atoms with E-state index < -0.39 is 59.6 Å². The number of hydrogen-bond acceptors (Lipinski definition) is 7. The summed E-state index contributed by atoms with van der Waals surface area (Å²) in [6.45, 7) is 9.87. The summed E-state index contributed by atoms with van der Waals surface area (Å²) < 4.78 is 13.6. The first-order chi connectivity index (χ1) is 22.9. The Labute approximate surface area is 292 Å². The van der Waals surface area contributed by atoms with E-state index in [2.05, 4.69) is 22.9 Å². The Morgan fingerprint density at radius 1 is 1.04 bits per heavy atom. The van der Waals surface area contributed by atoms with E-state index in [0.29, 0.717) is 17.3 Å². The monoisotopic (exact) mass is 727 g/mol. The summed E-state index contributed by atoms with van der Waals surface area (Å²) in [6, 6.07) is 6.85. The predicted octanol–water partition coefficient (Wildman–Crippen LogP) is 4.77. The lowest BCUT2D eigenvalue weighted by atomic mass is 9.74. The van der Waals surface area contributed by atoms with Crippen LogP contribution in [0.2, 0.25) is 0 Å². The van der Waals surface area contributed by atoms with Crippen molar-refractivity contribution in [3.63, 3.8) is 0 Å². The number of likely N-dealkylation sites (N-methyl/N-ethyl adjacent to an activating group) is 1. The number of likely N-dealkylation sites (tertiary alicyclic amines) is 1. The number of benzene rings is 1. The van der Waals surface area contributed by atoms with Gasteiger partial charge in [0.05, 0.1) is 24.6 Å². The number of rotatable bonds is 8. The van der Waals surface area contributed by atoms with Gasteiger partial charge in [0.15, 0.2) is 0 Å². The first kappa shape index (κ1) is 36.3. The Bertz CT molecular complexity index is 1430. The first-order valence-electron chi connectivity index (χ1n) is 17.3. The fourth-order valence-corrected chi connectivity index (χ4v) is 8.78. The number of nitrogens with zero attached hydrogens (tertiary/aromatic N) is 3. The van der Waals surface area contributed by atoms with Gasteiger partial charge in [0.2, 0.25) is 17.7 Å². The molecule has 1 aromatic rings. The first-order valence-corrected chi connectivity index (χ1v) is 18.1. The molecule has 0 aliphatic carbocycles. The minimum absolute atomic E-state index is 0.0984. The molecule has 2 saturated heterocycles. The number of aliphatic hydroxyl groups excluding tert-OH is 1. The number of allylic oxidation sites excluding steroid dienone is 1. The number of cyclic esters (lactones) is 1. The average Bonchev–Trinajstić information content (AvgIpc) is 3.66. The van der Waals surface area contributed by atoms with Crippen molar-refractivity contribution < 1.29 is 33.8 Å². The van der Waals surface area contributed by atoms with E-state index in [9.17, 15) is 24.3 Å². The number of carbonyl (C=O) groups excluding carboxylic acids is 4. The number of amides is 3. The summed E-state index contributed by atoms with van der Waals surface area (Å²) in [7, 11) is 1.71. The van der Waals surface area contributed by atoms with Gasteiger partial charge in [-0.1, -0.05) is 85.6 Å². The highest BCUT2D eigenvalue weighted by Gasteiger charge is 2.75. The van der Waals surface area contributed by atoms with Crippen molar-refractivity contribution in [2.24, 2.45) is 17.8 Å². The Morgan fingerprint density at radius 3 is 2.40 bits per heavy atom. The normalized spacial score (nSPS) is 33.2. The summed E-state index contributed by atoms with van der Waals surface area (Å²) >= 11 is 3.63. The number of hydrogen-bond donors (Lipinski definition) is 1. The van der Waals surface area contributed by atoms with Gasteiger partial charge in [0.25, 0.3) is 0 Å². The fourth-order valence-electron chi connectivity index (χ4n) is 8.05. The van der Waals surface area contributed by atoms with E-state index >= 15 is 0 Å². The van der Waals surface area contributed by atoms with Crippen molar-refractivity contribution in [3.8, 4) is 0 Å². The van der Waals surface area contributed by atoms with Crippen LogP contribution in [0.4, 0.5) is 0 Å². The zero-order chi connectivity index (χ0) is 34.9. The van der Waals surface area contributed by atoms with Crippen LogP contribution in [0.25, 0.3) is 0 Å². The third-order valence-corrected chi connectivity index (χ3v) is 11.2. The van der Waals surface area contributed by atoms with Crippen molar-refractivity contribution in [3.05, 3.63) is 58.6 Å². The highest BCUT2D eigenvalue weighted by atomic mass is 79.9. The molecule has 0 aromatic heterocycles. The van der Waals surface area contributed by atoms with Gasteiger partial charge in [0.1, 0.15) is 29.8 Å². The van der Waals surface area contributed by atoms with Gasteiger partial charge in [-0.2, -0.15) is 0 Å². The quantitative estimate of drug-likeness (QED) is 0.303. The Morgan fingerprint density at radius 2 is 1.75 bits per heavy atom. The average molecular weight is 729 g/mol. The zero-order valence-corrected chi connectivity index (χ0v) is 30.5. The molecule has 1 spiro atoms. The van der Waals surface area contributed by atoms with E-state index in [4.69, 9.17) is 9.47 Å². The molecule has 0 saturated carbocycles. The number of halogens is 1. The number of fused-ring (bicyclic) bond motifs is 2. The topological polar surface area (TPSA) is 117 Å². The summed E-state index contributed by atoms with van der Waals surface area (Å²) in [6.07, 6.45) is 6.76. The molecule has 0 radical (unpaired) electrons. The van der Waals surface area contributed by atoms with Crippen molar-refractivity contribution in [1.82, 2.24) is 14.7 Å². The van der Waals surface area contributed by atoms with Crippen LogP contribution in [0.1, 0.15) is 78.4 Å². The molecular formula is C37H50BrN3O7. The lowest BCUT2D eigenvalue weighted by Gasteiger charge is -2.40. The second-order valence-corrected chi connectivity index (χ2v) is 15.1. The van der Waals surface area contributed by atoms with E-state index in [0.717, 1.165) is 18.4 Å². The van der Waals surface area contributed by atoms with Gasteiger partial charge in [0, 0.05) is 30.5 Å². The summed E-state index contributed by atoms with van der Waals surface area (Å²) in [5, 5.41) is 10.7. The van der Waals surface area contributed by atoms with Gasteiger partial charge in [-0.3, -0.25) is 19.2 Å². The van der Waals surface area contributed by atoms with Crippen molar-refractivity contribution >= 4 is 39.6 Å². The highest BCUT2D eigenvalue weighted by molar-refractivity contribution is 9.11. The number of ether oxygens (including phenoxy) is 2. The summed E-state index contributed by atoms with van der Waals surface area (Å²) in [4.78, 5) is 62.5. The zero-order valence-electron chi connectivity index (χ0n) is 28.9. The molecule has 262 valence electrons. The molecule has 4 aliphatic heterocycles. The number of carbonyl (C=O) groups is 4. The Kier molecular flexibility index (Phi) is 11.2. The minimum Gasteiger partial charge on any atom is -0.455 e. The highest BCUT2D eigenvalue weighted by Crippen LogP contribution is 2.59. The van der Waals surface area contributed by atoms with E-state index in [1.165, 1.54) is 4.90 Å². The standard InChI is InChI=1S/C37H50BrN3O7/c1-7-14-23(4)40-18-13-9-12-17-28(43)39(6)24(5)31(25-15-10-8-11-16-25)47-36(46)29-30-34(44)41(26(21-42)19-22(2)3)33(35(40)45)37(30)20-27(38)32(29)48-37/h8-11,13,15-16,20,22-24,26,29-33,42H,7,12,14,17-19,21H2,1-6H3/b13-9-/t23?,24-,26-,29+,30-,31+,32+,33+,37-/m1/s1. The minimum atomic E-state index is -1.44. The summed E-state index contributed by atoms with van der Waals surface area (Å²) in [5.74, 6) is -3.38. The van der Waals surface area contributed by atoms with Crippen LogP contribution in [-0.2, 0) is 28.7 Å². The molecule has 5 bridgehead atoms. The van der Waals surface area contributed by atoms with Gasteiger partial charge in [-0.15, -0.1) is 0 Å². The molecule has 48 heavy (non-hydrogen) atoms. The van der Waals surface area contributed by atoms with E-state index in [1.54, 1.807) is 22.9 Å². The molecule has 10 nitrogen and oxygen atoms in total. The molecule has 3 amide bonds. The van der Waals surface area contributed by atoms with Crippen LogP contribution in [0, 0.1) is 17.8 Å². The van der Waals surface area contributed by atoms with Crippen LogP contribution < -0.4 is 0 Å². The van der Waals surface area contributed by atoms with Crippen LogP contribution in [0.3, 0.4) is 0 Å². The van der Waals surface area contributed by atoms with E-state index in [-0.39, 0.29) is 43.3 Å². The third-order valence-electron chi connectivity index (χ3n) is 10.5. The van der Waals surface area contributed by atoms with Gasteiger partial charge in [-0.05, 0) is 50.7 Å². The molecule has 1 aromatic carbocycles. The third kappa shape index (κ3) is 6.50. The Balaban J connectivity index is 1.67. The molecule has 11 heteroatoms. The number of aliphatic hydroxyl groups is 1. The summed E-state index contributed by atoms with van der Waals surface area (Å²) in [5.41, 5.74) is -0.719. The molecule has 4 heterocycles. The molecule has 1 N–H and O–H groups in total. The molecule has 2 fully saturated rings. The molecule has 5 rings (SSSR count). The maximum atomic E-state index is 15.0. The van der Waals surface area contributed by atoms with Crippen molar-refractivity contribution in [1.29, 1.82) is 0 Å². The Hall–Kier alpha value is -3.02. The molecular weight excluding hydrogens is 678 g/mol. The van der Waals surface area contributed by atoms with Crippen LogP contribution in [-0.4, -0.2) is 99.6 Å². The van der Waals surface area contributed by atoms with E-state index in [1.807, 2.05) is 70.2 Å². The predicted molar refractivity (Wildman–Crippen MR) is 185 cm³/mol. The fraction of sp³-hybridized carbons (Fsp3) is 0.622. The molecule has 1 unspecified atom stereocenters. The lowest BCUT2D eigenvalue weighted by molar-refractivity contribution is -0.164. The van der Waals surface area contributed by atoms with Gasteiger partial charge in [-0.25, -0.2) is 0 Å². The largest absolute Gasteiger partial charge is 0.455 e. The maximum Gasteiger partial charge on any atom is 0.313 e.